The van der Waals surface area contributed by atoms with E-state index in [1.807, 2.05) is 0 Å². The maximum atomic E-state index is 4.63. The Morgan fingerprint density at radius 1 is 1.18 bits per heavy atom. The van der Waals surface area contributed by atoms with Crippen molar-refractivity contribution in [1.29, 1.82) is 0 Å². The van der Waals surface area contributed by atoms with E-state index in [1.54, 1.807) is 0 Å². The van der Waals surface area contributed by atoms with Gasteiger partial charge in [-0.3, -0.25) is 0 Å². The Morgan fingerprint density at radius 2 is 1.94 bits per heavy atom. The third-order valence-electron chi connectivity index (χ3n) is 2.62. The highest BCUT2D eigenvalue weighted by Crippen LogP contribution is 2.09. The van der Waals surface area contributed by atoms with E-state index in [1.165, 1.54) is 0 Å². The van der Waals surface area contributed by atoms with Crippen LogP contribution in [0.5, 0.6) is 0 Å². The van der Waals surface area contributed by atoms with Gasteiger partial charge in [0.25, 0.3) is 0 Å². The minimum Gasteiger partial charge on any atom is -0.358 e. The molecule has 0 aromatic carbocycles. The molecule has 0 unspecified atom stereocenters. The maximum absolute atomic E-state index is 4.63. The number of nitrogens with one attached hydrogen (secondary N) is 1. The lowest BCUT2D eigenvalue weighted by Gasteiger charge is -2.21. The van der Waals surface area contributed by atoms with Crippen molar-refractivity contribution >= 4 is 5.82 Å². The van der Waals surface area contributed by atoms with Crippen LogP contribution in [0.1, 0.15) is 12.6 Å². The van der Waals surface area contributed by atoms with Crippen LogP contribution in [0.25, 0.3) is 0 Å². The molecule has 4 heteroatoms. The predicted octanol–water partition coefficient (Wildman–Crippen LogP) is 1.19. The fraction of sp³-hybridized carbons (Fsp3) is 0.615. The van der Waals surface area contributed by atoms with Gasteiger partial charge in [0, 0.05) is 26.7 Å². The van der Waals surface area contributed by atoms with Crippen LogP contribution in [0.4, 0.5) is 5.82 Å². The Kier molecular flexibility index (Phi) is 5.94. The molecule has 0 spiro atoms. The van der Waals surface area contributed by atoms with Gasteiger partial charge in [0.2, 0.25) is 0 Å². The van der Waals surface area contributed by atoms with Crippen molar-refractivity contribution in [3.05, 3.63) is 23.9 Å². The van der Waals surface area contributed by atoms with Crippen LogP contribution in [-0.4, -0.2) is 50.7 Å². The topological polar surface area (TPSA) is 31.4 Å². The fourth-order valence-corrected chi connectivity index (χ4v) is 1.50. The number of hydrogen-bond acceptors (Lipinski definition) is 4. The van der Waals surface area contributed by atoms with Crippen LogP contribution in [-0.2, 0) is 6.54 Å². The largest absolute Gasteiger partial charge is 0.358 e. The number of nitrogens with zero attached hydrogens (tertiary/aromatic N) is 3. The molecule has 0 atom stereocenters. The molecule has 0 aliphatic carbocycles. The Labute approximate surface area is 105 Å². The minimum absolute atomic E-state index is 0.839. The number of aromatic nitrogens is 1. The van der Waals surface area contributed by atoms with Gasteiger partial charge in [0.15, 0.2) is 0 Å². The van der Waals surface area contributed by atoms with Gasteiger partial charge < -0.3 is 15.1 Å². The van der Waals surface area contributed by atoms with Gasteiger partial charge in [-0.15, -0.1) is 0 Å². The molecule has 0 radical (unpaired) electrons. The molecular formula is C13H24N4. The summed E-state index contributed by atoms with van der Waals surface area (Å²) in [5, 5.41) is 3.29. The van der Waals surface area contributed by atoms with Crippen LogP contribution in [0.2, 0.25) is 0 Å². The summed E-state index contributed by atoms with van der Waals surface area (Å²) < 4.78 is 0. The number of hydrogen-bond donors (Lipinski definition) is 1. The molecular weight excluding hydrogens is 212 g/mol. The summed E-state index contributed by atoms with van der Waals surface area (Å²) in [6, 6.07) is 6.19. The molecule has 0 amide bonds. The minimum atomic E-state index is 0.839. The van der Waals surface area contributed by atoms with E-state index in [0.29, 0.717) is 0 Å². The van der Waals surface area contributed by atoms with Gasteiger partial charge in [-0.25, -0.2) is 4.98 Å². The third-order valence-corrected chi connectivity index (χ3v) is 2.62. The summed E-state index contributed by atoms with van der Waals surface area (Å²) in [4.78, 5) is 9.00. The average Bonchev–Trinajstić information content (AvgIpc) is 2.33. The van der Waals surface area contributed by atoms with E-state index in [2.05, 4.69) is 66.4 Å². The first kappa shape index (κ1) is 13.9. The Morgan fingerprint density at radius 3 is 2.59 bits per heavy atom. The second kappa shape index (κ2) is 7.25. The van der Waals surface area contributed by atoms with E-state index in [9.17, 15) is 0 Å². The highest BCUT2D eigenvalue weighted by Gasteiger charge is 2.03. The quantitative estimate of drug-likeness (QED) is 0.770. The van der Waals surface area contributed by atoms with Gasteiger partial charge >= 0.3 is 0 Å². The summed E-state index contributed by atoms with van der Waals surface area (Å²) >= 11 is 0. The molecule has 0 saturated carbocycles. The summed E-state index contributed by atoms with van der Waals surface area (Å²) in [6.07, 6.45) is 0. The Bertz CT molecular complexity index is 325. The summed E-state index contributed by atoms with van der Waals surface area (Å²) in [5.41, 5.74) is 1.10. The highest BCUT2D eigenvalue weighted by molar-refractivity contribution is 5.38. The zero-order valence-corrected chi connectivity index (χ0v) is 11.4. The van der Waals surface area contributed by atoms with Crippen molar-refractivity contribution in [2.75, 3.05) is 45.7 Å². The van der Waals surface area contributed by atoms with Crippen molar-refractivity contribution in [2.45, 2.75) is 13.5 Å². The molecule has 96 valence electrons. The third kappa shape index (κ3) is 5.15. The molecule has 17 heavy (non-hydrogen) atoms. The van der Waals surface area contributed by atoms with Gasteiger partial charge in [0.1, 0.15) is 5.82 Å². The molecule has 1 aromatic heterocycles. The van der Waals surface area contributed by atoms with Crippen LogP contribution in [0.15, 0.2) is 18.2 Å². The van der Waals surface area contributed by atoms with Crippen molar-refractivity contribution in [3.8, 4) is 0 Å². The monoisotopic (exact) mass is 236 g/mol. The van der Waals surface area contributed by atoms with E-state index >= 15 is 0 Å². The number of pyridine rings is 1. The molecule has 1 heterocycles. The second-order valence-corrected chi connectivity index (χ2v) is 4.49. The van der Waals surface area contributed by atoms with Crippen molar-refractivity contribution in [2.24, 2.45) is 0 Å². The lowest BCUT2D eigenvalue weighted by Crippen LogP contribution is -2.29. The molecule has 1 rings (SSSR count). The standard InChI is InChI=1S/C13H24N4/c1-5-14-11-12-7-6-8-13(15-12)17(4)10-9-16(2)3/h6-8,14H,5,9-11H2,1-4H3. The SMILES string of the molecule is CCNCc1cccc(N(C)CCN(C)C)n1. The Hall–Kier alpha value is -1.13. The smallest absolute Gasteiger partial charge is 0.128 e. The first-order chi connectivity index (χ1) is 8.13. The average molecular weight is 236 g/mol. The van der Waals surface area contributed by atoms with E-state index in [4.69, 9.17) is 0 Å². The summed E-state index contributed by atoms with van der Waals surface area (Å²) in [5.74, 6) is 1.04. The lowest BCUT2D eigenvalue weighted by atomic mass is 10.3. The van der Waals surface area contributed by atoms with Crippen molar-refractivity contribution in [1.82, 2.24) is 15.2 Å². The lowest BCUT2D eigenvalue weighted by molar-refractivity contribution is 0.416. The highest BCUT2D eigenvalue weighted by atomic mass is 15.2. The normalized spacial score (nSPS) is 10.9. The number of anilines is 1. The molecule has 0 aliphatic rings. The van der Waals surface area contributed by atoms with E-state index in [-0.39, 0.29) is 0 Å². The van der Waals surface area contributed by atoms with Gasteiger partial charge in [-0.1, -0.05) is 13.0 Å². The zero-order valence-electron chi connectivity index (χ0n) is 11.4. The van der Waals surface area contributed by atoms with Crippen LogP contribution < -0.4 is 10.2 Å². The predicted molar refractivity (Wildman–Crippen MR) is 73.4 cm³/mol. The van der Waals surface area contributed by atoms with Gasteiger partial charge in [-0.2, -0.15) is 0 Å². The van der Waals surface area contributed by atoms with Gasteiger partial charge in [-0.05, 0) is 32.8 Å². The molecule has 0 saturated heterocycles. The van der Waals surface area contributed by atoms with Crippen LogP contribution >= 0.6 is 0 Å². The summed E-state index contributed by atoms with van der Waals surface area (Å²) in [6.45, 7) is 5.95. The molecule has 1 N–H and O–H groups in total. The van der Waals surface area contributed by atoms with Gasteiger partial charge in [0.05, 0.1) is 5.69 Å². The number of likely N-dealkylation sites (N-methyl/N-ethyl adjacent to an activating group) is 2. The fourth-order valence-electron chi connectivity index (χ4n) is 1.50. The van der Waals surface area contributed by atoms with Crippen LogP contribution in [0.3, 0.4) is 0 Å². The zero-order chi connectivity index (χ0) is 12.7. The van der Waals surface area contributed by atoms with Crippen LogP contribution in [0, 0.1) is 0 Å². The van der Waals surface area contributed by atoms with Crippen molar-refractivity contribution in [3.63, 3.8) is 0 Å². The second-order valence-electron chi connectivity index (χ2n) is 4.49. The molecule has 1 aromatic rings. The first-order valence-electron chi connectivity index (χ1n) is 6.16. The van der Waals surface area contributed by atoms with E-state index < -0.39 is 0 Å². The molecule has 4 nitrogen and oxygen atoms in total. The maximum Gasteiger partial charge on any atom is 0.128 e. The first-order valence-corrected chi connectivity index (χ1v) is 6.16. The molecule has 0 bridgehead atoms. The van der Waals surface area contributed by atoms with E-state index in [0.717, 1.165) is 37.7 Å². The Balaban J connectivity index is 2.57. The van der Waals surface area contributed by atoms with Crippen molar-refractivity contribution < 1.29 is 0 Å². The molecule has 0 fully saturated rings. The molecule has 0 aliphatic heterocycles. The summed E-state index contributed by atoms with van der Waals surface area (Å²) in [7, 11) is 6.26. The number of rotatable bonds is 7.